The Balaban J connectivity index is 0.00000338. The number of guanidine groups is 1. The maximum atomic E-state index is 13.2. The summed E-state index contributed by atoms with van der Waals surface area (Å²) in [5, 5.41) is 6.50. The van der Waals surface area contributed by atoms with Crippen LogP contribution in [0.4, 0.5) is 4.39 Å². The molecule has 0 radical (unpaired) electrons. The highest BCUT2D eigenvalue weighted by molar-refractivity contribution is 14.0. The normalized spacial score (nSPS) is 11.2. The molecule has 6 heteroatoms. The van der Waals surface area contributed by atoms with Crippen molar-refractivity contribution in [2.45, 2.75) is 26.6 Å². The molecule has 0 bridgehead atoms. The number of benzene rings is 2. The van der Waals surface area contributed by atoms with Gasteiger partial charge in [0.05, 0.1) is 0 Å². The van der Waals surface area contributed by atoms with Gasteiger partial charge < -0.3 is 15.5 Å². The van der Waals surface area contributed by atoms with E-state index in [1.165, 1.54) is 23.3 Å². The first kappa shape index (κ1) is 22.4. The summed E-state index contributed by atoms with van der Waals surface area (Å²) < 4.78 is 13.2. The van der Waals surface area contributed by atoms with Gasteiger partial charge in [-0.1, -0.05) is 43.3 Å². The number of nitrogens with one attached hydrogen (secondary N) is 2. The van der Waals surface area contributed by atoms with Crippen LogP contribution in [0.3, 0.4) is 0 Å². The SMILES string of the molecule is CCN(C)Cc1cccc(CNC(=NC)NCc2cccc(F)c2)c1.I. The molecule has 0 aliphatic heterocycles. The van der Waals surface area contributed by atoms with Crippen LogP contribution in [-0.4, -0.2) is 31.5 Å². The molecule has 2 aromatic carbocycles. The second-order valence-corrected chi connectivity index (χ2v) is 6.06. The van der Waals surface area contributed by atoms with Gasteiger partial charge in [0.1, 0.15) is 5.82 Å². The Bertz CT molecular complexity index is 706. The van der Waals surface area contributed by atoms with Crippen LogP contribution >= 0.6 is 24.0 Å². The predicted octanol–water partition coefficient (Wildman–Crippen LogP) is 3.76. The van der Waals surface area contributed by atoms with Crippen LogP contribution in [0, 0.1) is 5.82 Å². The summed E-state index contributed by atoms with van der Waals surface area (Å²) in [5.41, 5.74) is 3.38. The number of rotatable bonds is 7. The first-order chi connectivity index (χ1) is 12.1. The van der Waals surface area contributed by atoms with Crippen LogP contribution < -0.4 is 10.6 Å². The van der Waals surface area contributed by atoms with E-state index in [2.05, 4.69) is 58.8 Å². The third-order valence-electron chi connectivity index (χ3n) is 4.02. The molecule has 0 unspecified atom stereocenters. The Kier molecular flexibility index (Phi) is 10.2. The van der Waals surface area contributed by atoms with E-state index in [1.807, 2.05) is 6.07 Å². The van der Waals surface area contributed by atoms with Gasteiger partial charge in [-0.25, -0.2) is 4.39 Å². The van der Waals surface area contributed by atoms with E-state index in [0.717, 1.165) is 18.7 Å². The zero-order chi connectivity index (χ0) is 18.1. The third kappa shape index (κ3) is 7.70. The zero-order valence-corrected chi connectivity index (χ0v) is 18.0. The third-order valence-corrected chi connectivity index (χ3v) is 4.02. The highest BCUT2D eigenvalue weighted by Gasteiger charge is 2.02. The standard InChI is InChI=1S/C20H27FN4.HI/c1-4-25(3)15-18-9-5-7-16(11-18)13-23-20(22-2)24-14-17-8-6-10-19(21)12-17;/h5-12H,4,13-15H2,1-3H3,(H2,22,23,24);1H. The summed E-state index contributed by atoms with van der Waals surface area (Å²) in [7, 11) is 3.84. The van der Waals surface area contributed by atoms with Crippen molar-refractivity contribution < 1.29 is 4.39 Å². The highest BCUT2D eigenvalue weighted by Crippen LogP contribution is 2.08. The van der Waals surface area contributed by atoms with Gasteiger partial charge in [0.2, 0.25) is 0 Å². The van der Waals surface area contributed by atoms with Gasteiger partial charge in [-0.3, -0.25) is 4.99 Å². The summed E-state index contributed by atoms with van der Waals surface area (Å²) in [4.78, 5) is 6.49. The molecular formula is C20H28FIN4. The minimum absolute atomic E-state index is 0. The fourth-order valence-electron chi connectivity index (χ4n) is 2.50. The Morgan fingerprint density at radius 3 is 2.15 bits per heavy atom. The van der Waals surface area contributed by atoms with Crippen molar-refractivity contribution in [3.05, 3.63) is 71.0 Å². The molecule has 0 saturated carbocycles. The van der Waals surface area contributed by atoms with Crippen molar-refractivity contribution in [3.8, 4) is 0 Å². The highest BCUT2D eigenvalue weighted by atomic mass is 127. The first-order valence-corrected chi connectivity index (χ1v) is 8.56. The van der Waals surface area contributed by atoms with Crippen LogP contribution in [-0.2, 0) is 19.6 Å². The molecule has 2 aromatic rings. The lowest BCUT2D eigenvalue weighted by Gasteiger charge is -2.15. The van der Waals surface area contributed by atoms with Gasteiger partial charge in [0.15, 0.2) is 5.96 Å². The van der Waals surface area contributed by atoms with E-state index in [4.69, 9.17) is 0 Å². The van der Waals surface area contributed by atoms with Gasteiger partial charge in [-0.15, -0.1) is 24.0 Å². The Morgan fingerprint density at radius 1 is 1.00 bits per heavy atom. The molecule has 0 saturated heterocycles. The molecule has 0 heterocycles. The second kappa shape index (κ2) is 11.9. The Labute approximate surface area is 172 Å². The first-order valence-electron chi connectivity index (χ1n) is 8.56. The number of aliphatic imine (C=N–C) groups is 1. The molecule has 0 atom stereocenters. The lowest BCUT2D eigenvalue weighted by molar-refractivity contribution is 0.345. The molecule has 0 amide bonds. The van der Waals surface area contributed by atoms with E-state index in [1.54, 1.807) is 13.1 Å². The summed E-state index contributed by atoms with van der Waals surface area (Å²) in [5.74, 6) is 0.469. The molecule has 0 aliphatic carbocycles. The Morgan fingerprint density at radius 2 is 1.58 bits per heavy atom. The number of nitrogens with zero attached hydrogens (tertiary/aromatic N) is 2. The largest absolute Gasteiger partial charge is 0.352 e. The van der Waals surface area contributed by atoms with Gasteiger partial charge in [0, 0.05) is 26.7 Å². The monoisotopic (exact) mass is 470 g/mol. The number of hydrogen-bond donors (Lipinski definition) is 2. The second-order valence-electron chi connectivity index (χ2n) is 6.06. The zero-order valence-electron chi connectivity index (χ0n) is 15.6. The molecule has 2 N–H and O–H groups in total. The summed E-state index contributed by atoms with van der Waals surface area (Å²) in [6, 6.07) is 15.1. The summed E-state index contributed by atoms with van der Waals surface area (Å²) in [6.07, 6.45) is 0. The smallest absolute Gasteiger partial charge is 0.191 e. The minimum atomic E-state index is -0.226. The van der Waals surface area contributed by atoms with E-state index >= 15 is 0 Å². The van der Waals surface area contributed by atoms with E-state index in [9.17, 15) is 4.39 Å². The molecule has 142 valence electrons. The Hall–Kier alpha value is -1.67. The van der Waals surface area contributed by atoms with Crippen LogP contribution in [0.25, 0.3) is 0 Å². The van der Waals surface area contributed by atoms with Crippen molar-refractivity contribution in [1.82, 2.24) is 15.5 Å². The molecule has 2 rings (SSSR count). The average molecular weight is 470 g/mol. The molecular weight excluding hydrogens is 442 g/mol. The number of halogens is 2. The van der Waals surface area contributed by atoms with Gasteiger partial charge in [-0.2, -0.15) is 0 Å². The van der Waals surface area contributed by atoms with Crippen molar-refractivity contribution in [2.75, 3.05) is 20.6 Å². The topological polar surface area (TPSA) is 39.7 Å². The molecule has 0 aromatic heterocycles. The summed E-state index contributed by atoms with van der Waals surface area (Å²) >= 11 is 0. The molecule has 4 nitrogen and oxygen atoms in total. The van der Waals surface area contributed by atoms with Gasteiger partial charge >= 0.3 is 0 Å². The van der Waals surface area contributed by atoms with E-state index in [-0.39, 0.29) is 29.8 Å². The van der Waals surface area contributed by atoms with E-state index in [0.29, 0.717) is 19.0 Å². The van der Waals surface area contributed by atoms with Crippen LogP contribution in [0.2, 0.25) is 0 Å². The van der Waals surface area contributed by atoms with Gasteiger partial charge in [-0.05, 0) is 42.4 Å². The maximum absolute atomic E-state index is 13.2. The molecule has 0 fully saturated rings. The van der Waals surface area contributed by atoms with Crippen LogP contribution in [0.1, 0.15) is 23.6 Å². The van der Waals surface area contributed by atoms with Crippen molar-refractivity contribution in [3.63, 3.8) is 0 Å². The lowest BCUT2D eigenvalue weighted by atomic mass is 10.1. The van der Waals surface area contributed by atoms with Crippen LogP contribution in [0.5, 0.6) is 0 Å². The molecule has 0 aliphatic rings. The van der Waals surface area contributed by atoms with E-state index < -0.39 is 0 Å². The average Bonchev–Trinajstić information content (AvgIpc) is 2.62. The number of hydrogen-bond acceptors (Lipinski definition) is 2. The van der Waals surface area contributed by atoms with Crippen molar-refractivity contribution >= 4 is 29.9 Å². The summed E-state index contributed by atoms with van der Waals surface area (Å²) in [6.45, 7) is 5.33. The molecule has 0 spiro atoms. The molecule has 26 heavy (non-hydrogen) atoms. The quantitative estimate of drug-likeness (QED) is 0.368. The lowest BCUT2D eigenvalue weighted by Crippen LogP contribution is -2.36. The fourth-order valence-corrected chi connectivity index (χ4v) is 2.50. The minimum Gasteiger partial charge on any atom is -0.352 e. The van der Waals surface area contributed by atoms with Crippen molar-refractivity contribution in [1.29, 1.82) is 0 Å². The predicted molar refractivity (Wildman–Crippen MR) is 117 cm³/mol. The fraction of sp³-hybridized carbons (Fsp3) is 0.350. The van der Waals surface area contributed by atoms with Gasteiger partial charge in [0.25, 0.3) is 0 Å². The maximum Gasteiger partial charge on any atom is 0.191 e. The van der Waals surface area contributed by atoms with Crippen LogP contribution in [0.15, 0.2) is 53.5 Å². The van der Waals surface area contributed by atoms with Crippen molar-refractivity contribution in [2.24, 2.45) is 4.99 Å².